The first-order valence-corrected chi connectivity index (χ1v) is 12.6. The van der Waals surface area contributed by atoms with Crippen molar-refractivity contribution in [3.63, 3.8) is 0 Å². The topological polar surface area (TPSA) is 89.4 Å². The first kappa shape index (κ1) is 24.7. The molecule has 2 atom stereocenters. The highest BCUT2D eigenvalue weighted by Gasteiger charge is 2.38. The third-order valence-electron chi connectivity index (χ3n) is 5.97. The van der Waals surface area contributed by atoms with Gasteiger partial charge in [0, 0.05) is 23.7 Å². The summed E-state index contributed by atoms with van der Waals surface area (Å²) in [6, 6.07) is 17.5. The number of hydrogen-bond acceptors (Lipinski definition) is 7. The summed E-state index contributed by atoms with van der Waals surface area (Å²) < 4.78 is 6.41. The van der Waals surface area contributed by atoms with Crippen LogP contribution in [0.2, 0.25) is 0 Å². The van der Waals surface area contributed by atoms with Gasteiger partial charge in [-0.1, -0.05) is 53.3 Å². The van der Waals surface area contributed by atoms with Gasteiger partial charge < -0.3 is 10.1 Å². The Morgan fingerprint density at radius 2 is 2.00 bits per heavy atom. The van der Waals surface area contributed by atoms with E-state index in [1.165, 1.54) is 7.11 Å². The molecule has 35 heavy (non-hydrogen) atoms. The fourth-order valence-electron chi connectivity index (χ4n) is 4.30. The van der Waals surface area contributed by atoms with Crippen molar-refractivity contribution < 1.29 is 14.3 Å². The second kappa shape index (κ2) is 11.3. The van der Waals surface area contributed by atoms with Crippen LogP contribution >= 0.6 is 11.8 Å². The number of benzene rings is 2. The van der Waals surface area contributed by atoms with Gasteiger partial charge in [0.2, 0.25) is 5.91 Å². The van der Waals surface area contributed by atoms with Crippen LogP contribution in [0.15, 0.2) is 71.3 Å². The lowest BCUT2D eigenvalue weighted by Gasteiger charge is -2.24. The lowest BCUT2D eigenvalue weighted by molar-refractivity contribution is -0.120. The van der Waals surface area contributed by atoms with Gasteiger partial charge in [-0.15, -0.1) is 16.9 Å². The number of amides is 1. The zero-order valence-corrected chi connectivity index (χ0v) is 20.9. The fraction of sp³-hybridized carbons (Fsp3) is 0.308. The maximum absolute atomic E-state index is 13.4. The molecule has 1 aliphatic rings. The van der Waals surface area contributed by atoms with E-state index in [1.807, 2.05) is 48.7 Å². The van der Waals surface area contributed by atoms with Gasteiger partial charge in [-0.2, -0.15) is 0 Å². The molecule has 0 spiro atoms. The van der Waals surface area contributed by atoms with Crippen LogP contribution in [0.3, 0.4) is 0 Å². The van der Waals surface area contributed by atoms with Crippen molar-refractivity contribution in [3.05, 3.63) is 77.6 Å². The average molecular weight is 492 g/mol. The number of carbonyl (C=O) groups is 2. The molecule has 0 aliphatic carbocycles. The van der Waals surface area contributed by atoms with Crippen molar-refractivity contribution in [1.29, 1.82) is 0 Å². The number of ether oxygens (including phenoxy) is 1. The van der Waals surface area contributed by atoms with Crippen LogP contribution in [0.1, 0.15) is 35.4 Å². The third-order valence-corrected chi connectivity index (χ3v) is 6.69. The lowest BCUT2D eigenvalue weighted by atomic mass is 10.1. The fourth-order valence-corrected chi connectivity index (χ4v) is 4.76. The molecule has 4 rings (SSSR count). The molecule has 1 amide bonds. The molecule has 1 N–H and O–H groups in total. The van der Waals surface area contributed by atoms with Crippen LogP contribution in [0.5, 0.6) is 0 Å². The van der Waals surface area contributed by atoms with Crippen molar-refractivity contribution in [1.82, 2.24) is 19.9 Å². The second-order valence-electron chi connectivity index (χ2n) is 8.53. The number of hydrogen-bond donors (Lipinski definition) is 1. The summed E-state index contributed by atoms with van der Waals surface area (Å²) in [4.78, 5) is 28.5. The standard InChI is InChI=1S/C26H29N5O3S/c1-18(12-19-8-5-4-6-9-19)15-30-16-21(31-17-23(28-29-31)26(33)34-2)14-24(30)25(32)27-20-10-7-11-22(13-20)35-3/h4-13,17,21,24H,14-16H2,1-3H3,(H,27,32)/b18-12+/t21-,24-/m0/s1. The molecular formula is C26H29N5O3S. The number of nitrogens with one attached hydrogen (secondary N) is 1. The molecular weight excluding hydrogens is 462 g/mol. The molecule has 0 saturated carbocycles. The predicted molar refractivity (Wildman–Crippen MR) is 137 cm³/mol. The number of methoxy groups -OCH3 is 1. The molecule has 3 aromatic rings. The van der Waals surface area contributed by atoms with E-state index in [1.54, 1.807) is 22.6 Å². The highest BCUT2D eigenvalue weighted by atomic mass is 32.2. The van der Waals surface area contributed by atoms with E-state index in [-0.39, 0.29) is 23.7 Å². The monoisotopic (exact) mass is 491 g/mol. The highest BCUT2D eigenvalue weighted by Crippen LogP contribution is 2.29. The Morgan fingerprint density at radius 1 is 1.20 bits per heavy atom. The Labute approximate surface area is 209 Å². The largest absolute Gasteiger partial charge is 0.464 e. The number of thioether (sulfide) groups is 1. The van der Waals surface area contributed by atoms with Crippen molar-refractivity contribution in [2.24, 2.45) is 0 Å². The second-order valence-corrected chi connectivity index (χ2v) is 9.41. The van der Waals surface area contributed by atoms with E-state index >= 15 is 0 Å². The van der Waals surface area contributed by atoms with Crippen molar-refractivity contribution in [3.8, 4) is 0 Å². The number of likely N-dealkylation sites (tertiary alicyclic amines) is 1. The van der Waals surface area contributed by atoms with E-state index in [0.717, 1.165) is 21.7 Å². The molecule has 0 radical (unpaired) electrons. The van der Waals surface area contributed by atoms with Crippen LogP contribution in [0.4, 0.5) is 5.69 Å². The maximum Gasteiger partial charge on any atom is 0.360 e. The number of esters is 1. The molecule has 8 nitrogen and oxygen atoms in total. The predicted octanol–water partition coefficient (Wildman–Crippen LogP) is 4.14. The number of anilines is 1. The quantitative estimate of drug-likeness (QED) is 0.374. The van der Waals surface area contributed by atoms with Gasteiger partial charge in [0.1, 0.15) is 0 Å². The SMILES string of the molecule is COC(=O)c1cn([C@H]2C[C@@H](C(=O)Nc3cccc(SC)c3)N(C/C(C)=C/c3ccccc3)C2)nn1. The van der Waals surface area contributed by atoms with Gasteiger partial charge >= 0.3 is 5.97 Å². The van der Waals surface area contributed by atoms with E-state index < -0.39 is 5.97 Å². The van der Waals surface area contributed by atoms with Crippen molar-refractivity contribution in [2.45, 2.75) is 30.3 Å². The lowest BCUT2D eigenvalue weighted by Crippen LogP contribution is -2.40. The zero-order chi connectivity index (χ0) is 24.8. The number of carbonyl (C=O) groups excluding carboxylic acids is 2. The van der Waals surface area contributed by atoms with E-state index in [0.29, 0.717) is 19.5 Å². The van der Waals surface area contributed by atoms with Gasteiger partial charge in [-0.05, 0) is 43.4 Å². The van der Waals surface area contributed by atoms with E-state index in [2.05, 4.69) is 45.7 Å². The summed E-state index contributed by atoms with van der Waals surface area (Å²) in [6.07, 6.45) is 6.28. The molecule has 2 heterocycles. The Hall–Kier alpha value is -3.43. The first-order chi connectivity index (χ1) is 17.0. The Bertz CT molecular complexity index is 1210. The molecule has 1 aromatic heterocycles. The number of nitrogens with zero attached hydrogens (tertiary/aromatic N) is 4. The van der Waals surface area contributed by atoms with E-state index in [4.69, 9.17) is 4.74 Å². The summed E-state index contributed by atoms with van der Waals surface area (Å²) in [5.74, 6) is -0.595. The summed E-state index contributed by atoms with van der Waals surface area (Å²) >= 11 is 1.63. The molecule has 9 heteroatoms. The summed E-state index contributed by atoms with van der Waals surface area (Å²) in [6.45, 7) is 3.31. The Morgan fingerprint density at radius 3 is 2.74 bits per heavy atom. The van der Waals surface area contributed by atoms with Crippen LogP contribution in [0, 0.1) is 0 Å². The van der Waals surface area contributed by atoms with Gasteiger partial charge in [0.25, 0.3) is 0 Å². The normalized spacial score (nSPS) is 18.4. The zero-order valence-electron chi connectivity index (χ0n) is 20.0. The van der Waals surface area contributed by atoms with Gasteiger partial charge in [-0.25, -0.2) is 9.48 Å². The molecule has 1 fully saturated rings. The van der Waals surface area contributed by atoms with Gasteiger partial charge in [-0.3, -0.25) is 9.69 Å². The van der Waals surface area contributed by atoms with Gasteiger partial charge in [0.05, 0.1) is 25.4 Å². The summed E-state index contributed by atoms with van der Waals surface area (Å²) in [7, 11) is 1.31. The Balaban J connectivity index is 1.55. The minimum Gasteiger partial charge on any atom is -0.464 e. The molecule has 1 saturated heterocycles. The minimum absolute atomic E-state index is 0.0634. The van der Waals surface area contributed by atoms with Crippen molar-refractivity contribution in [2.75, 3.05) is 31.8 Å². The smallest absolute Gasteiger partial charge is 0.360 e. The van der Waals surface area contributed by atoms with Crippen LogP contribution < -0.4 is 5.32 Å². The number of rotatable bonds is 8. The van der Waals surface area contributed by atoms with Crippen LogP contribution in [-0.2, 0) is 9.53 Å². The van der Waals surface area contributed by atoms with Gasteiger partial charge in [0.15, 0.2) is 5.69 Å². The first-order valence-electron chi connectivity index (χ1n) is 11.4. The molecule has 0 unspecified atom stereocenters. The summed E-state index contributed by atoms with van der Waals surface area (Å²) in [5, 5.41) is 11.2. The molecule has 182 valence electrons. The molecule has 2 aromatic carbocycles. The third kappa shape index (κ3) is 6.17. The summed E-state index contributed by atoms with van der Waals surface area (Å²) in [5.41, 5.74) is 3.19. The van der Waals surface area contributed by atoms with Crippen LogP contribution in [0.25, 0.3) is 6.08 Å². The highest BCUT2D eigenvalue weighted by molar-refractivity contribution is 7.98. The minimum atomic E-state index is -0.532. The maximum atomic E-state index is 13.4. The van der Waals surface area contributed by atoms with E-state index in [9.17, 15) is 9.59 Å². The Kier molecular flexibility index (Phi) is 7.99. The molecule has 0 bridgehead atoms. The van der Waals surface area contributed by atoms with Crippen LogP contribution in [-0.4, -0.2) is 64.3 Å². The number of aromatic nitrogens is 3. The molecule has 1 aliphatic heterocycles. The van der Waals surface area contributed by atoms with Crippen molar-refractivity contribution >= 4 is 35.4 Å². The average Bonchev–Trinajstić information content (AvgIpc) is 3.52.